The quantitative estimate of drug-likeness (QED) is 0.485. The van der Waals surface area contributed by atoms with E-state index >= 15 is 0 Å². The van der Waals surface area contributed by atoms with Gasteiger partial charge in [-0.2, -0.15) is 0 Å². The molecule has 4 nitrogen and oxygen atoms in total. The van der Waals surface area contributed by atoms with Crippen LogP contribution in [0.3, 0.4) is 0 Å². The van der Waals surface area contributed by atoms with E-state index in [9.17, 15) is 9.59 Å². The second-order valence-corrected chi connectivity index (χ2v) is 7.51. The first kappa shape index (κ1) is 19.6. The van der Waals surface area contributed by atoms with Crippen molar-refractivity contribution < 1.29 is 19.1 Å². The first-order valence-corrected chi connectivity index (χ1v) is 8.91. The number of carbonyl (C=O) groups excluding carboxylic acids is 2. The Bertz CT molecular complexity index is 316. The molecule has 0 aromatic rings. The van der Waals surface area contributed by atoms with Gasteiger partial charge in [0.25, 0.3) is 0 Å². The van der Waals surface area contributed by atoms with Gasteiger partial charge < -0.3 is 9.47 Å². The minimum atomic E-state index is -0.191. The van der Waals surface area contributed by atoms with Crippen LogP contribution in [0.15, 0.2) is 0 Å². The van der Waals surface area contributed by atoms with Gasteiger partial charge in [0.1, 0.15) is 12.2 Å². The Morgan fingerprint density at radius 1 is 0.864 bits per heavy atom. The van der Waals surface area contributed by atoms with Crippen LogP contribution in [0.25, 0.3) is 0 Å². The Morgan fingerprint density at radius 3 is 1.45 bits per heavy atom. The fraction of sp³-hybridized carbons (Fsp3) is 0.875. The Morgan fingerprint density at radius 2 is 1.18 bits per heavy atom. The van der Waals surface area contributed by atoms with Crippen molar-refractivity contribution in [3.8, 4) is 0 Å². The first-order valence-electron chi connectivity index (χ1n) is 8.04. The Kier molecular flexibility index (Phi) is 9.18. The van der Waals surface area contributed by atoms with Crippen LogP contribution in [0.1, 0.15) is 65.2 Å². The molecule has 1 aliphatic rings. The summed E-state index contributed by atoms with van der Waals surface area (Å²) < 4.78 is 10.8. The standard InChI is InChI=1S/C16H26Cl2O4/c1-11(17)3-9-15(19)21-13-5-7-14(8-6-13)22-16(20)10-4-12(2)18/h11-14H,3-10H2,1-2H3. The summed E-state index contributed by atoms with van der Waals surface area (Å²) >= 11 is 11.6. The molecule has 0 bridgehead atoms. The molecule has 0 aromatic carbocycles. The van der Waals surface area contributed by atoms with E-state index < -0.39 is 0 Å². The molecule has 2 unspecified atom stereocenters. The summed E-state index contributed by atoms with van der Waals surface area (Å²) in [4.78, 5) is 23.3. The number of hydrogen-bond acceptors (Lipinski definition) is 4. The molecule has 1 rings (SSSR count). The zero-order valence-electron chi connectivity index (χ0n) is 13.4. The van der Waals surface area contributed by atoms with Crippen LogP contribution in [0.5, 0.6) is 0 Å². The molecule has 1 aliphatic carbocycles. The Balaban J connectivity index is 2.17. The molecule has 0 radical (unpaired) electrons. The lowest BCUT2D eigenvalue weighted by Gasteiger charge is -2.28. The van der Waals surface area contributed by atoms with Crippen molar-refractivity contribution in [2.45, 2.75) is 88.2 Å². The highest BCUT2D eigenvalue weighted by molar-refractivity contribution is 6.20. The molecule has 0 heterocycles. The number of alkyl halides is 2. The van der Waals surface area contributed by atoms with Gasteiger partial charge >= 0.3 is 11.9 Å². The summed E-state index contributed by atoms with van der Waals surface area (Å²) in [6.45, 7) is 3.72. The first-order chi connectivity index (χ1) is 10.4. The van der Waals surface area contributed by atoms with Gasteiger partial charge in [-0.3, -0.25) is 9.59 Å². The molecule has 1 saturated carbocycles. The monoisotopic (exact) mass is 352 g/mol. The second kappa shape index (κ2) is 10.3. The van der Waals surface area contributed by atoms with Crippen molar-refractivity contribution >= 4 is 35.1 Å². The highest BCUT2D eigenvalue weighted by Gasteiger charge is 2.26. The van der Waals surface area contributed by atoms with Crippen molar-refractivity contribution in [3.05, 3.63) is 0 Å². The largest absolute Gasteiger partial charge is 0.462 e. The van der Waals surface area contributed by atoms with Crippen molar-refractivity contribution in [1.82, 2.24) is 0 Å². The molecule has 128 valence electrons. The third-order valence-corrected chi connectivity index (χ3v) is 4.15. The van der Waals surface area contributed by atoms with Gasteiger partial charge in [-0.15, -0.1) is 23.2 Å². The van der Waals surface area contributed by atoms with Crippen molar-refractivity contribution in [3.63, 3.8) is 0 Å². The summed E-state index contributed by atoms with van der Waals surface area (Å²) in [5.74, 6) is -0.381. The van der Waals surface area contributed by atoms with Gasteiger partial charge in [0, 0.05) is 23.6 Å². The molecule has 0 spiro atoms. The van der Waals surface area contributed by atoms with Gasteiger partial charge in [-0.25, -0.2) is 0 Å². The summed E-state index contributed by atoms with van der Waals surface area (Å²) in [6.07, 6.45) is 4.83. The molecule has 1 fully saturated rings. The number of halogens is 2. The zero-order valence-corrected chi connectivity index (χ0v) is 14.9. The van der Waals surface area contributed by atoms with Crippen LogP contribution in [-0.4, -0.2) is 34.9 Å². The van der Waals surface area contributed by atoms with Crippen molar-refractivity contribution in [2.75, 3.05) is 0 Å². The van der Waals surface area contributed by atoms with E-state index in [1.165, 1.54) is 0 Å². The zero-order chi connectivity index (χ0) is 16.5. The maximum absolute atomic E-state index is 11.6. The number of esters is 2. The fourth-order valence-corrected chi connectivity index (χ4v) is 2.61. The van der Waals surface area contributed by atoms with Gasteiger partial charge in [0.2, 0.25) is 0 Å². The molecule has 22 heavy (non-hydrogen) atoms. The van der Waals surface area contributed by atoms with E-state index in [1.54, 1.807) is 0 Å². The van der Waals surface area contributed by atoms with Crippen molar-refractivity contribution in [1.29, 1.82) is 0 Å². The molecular formula is C16H26Cl2O4. The summed E-state index contributed by atoms with van der Waals surface area (Å²) in [7, 11) is 0. The van der Waals surface area contributed by atoms with E-state index in [4.69, 9.17) is 32.7 Å². The van der Waals surface area contributed by atoms with Crippen molar-refractivity contribution in [2.24, 2.45) is 0 Å². The number of hydrogen-bond donors (Lipinski definition) is 0. The van der Waals surface area contributed by atoms with E-state index in [-0.39, 0.29) is 34.9 Å². The number of rotatable bonds is 8. The van der Waals surface area contributed by atoms with Crippen LogP contribution in [-0.2, 0) is 19.1 Å². The summed E-state index contributed by atoms with van der Waals surface area (Å²) in [5, 5.41) is -0.0307. The molecule has 0 amide bonds. The highest BCUT2D eigenvalue weighted by Crippen LogP contribution is 2.24. The van der Waals surface area contributed by atoms with Gasteiger partial charge in [0.05, 0.1) is 0 Å². The predicted molar refractivity (Wildman–Crippen MR) is 87.3 cm³/mol. The van der Waals surface area contributed by atoms with Crippen LogP contribution >= 0.6 is 23.2 Å². The second-order valence-electron chi connectivity index (χ2n) is 6.02. The highest BCUT2D eigenvalue weighted by atomic mass is 35.5. The van der Waals surface area contributed by atoms with E-state index in [0.717, 1.165) is 25.7 Å². The fourth-order valence-electron chi connectivity index (χ4n) is 2.39. The minimum absolute atomic E-state index is 0.0154. The molecular weight excluding hydrogens is 327 g/mol. The SMILES string of the molecule is CC(Cl)CCC(=O)OC1CCC(OC(=O)CCC(C)Cl)CC1. The molecule has 0 aliphatic heterocycles. The summed E-state index contributed by atoms with van der Waals surface area (Å²) in [5.41, 5.74) is 0. The topological polar surface area (TPSA) is 52.6 Å². The van der Waals surface area contributed by atoms with E-state index in [2.05, 4.69) is 0 Å². The van der Waals surface area contributed by atoms with Crippen LogP contribution in [0.4, 0.5) is 0 Å². The Hall–Kier alpha value is -0.480. The van der Waals surface area contributed by atoms with E-state index in [1.807, 2.05) is 13.8 Å². The molecule has 0 N–H and O–H groups in total. The lowest BCUT2D eigenvalue weighted by atomic mass is 9.95. The third-order valence-electron chi connectivity index (χ3n) is 3.71. The molecule has 0 saturated heterocycles. The predicted octanol–water partition coefficient (Wildman–Crippen LogP) is 4.20. The maximum Gasteiger partial charge on any atom is 0.306 e. The van der Waals surface area contributed by atoms with E-state index in [0.29, 0.717) is 25.7 Å². The molecule has 0 aromatic heterocycles. The van der Waals surface area contributed by atoms with Crippen LogP contribution < -0.4 is 0 Å². The normalized spacial score (nSPS) is 24.4. The molecule has 6 heteroatoms. The number of carbonyl (C=O) groups is 2. The lowest BCUT2D eigenvalue weighted by Crippen LogP contribution is -2.29. The summed E-state index contributed by atoms with van der Waals surface area (Å²) in [6, 6.07) is 0. The van der Waals surface area contributed by atoms with Gasteiger partial charge in [0.15, 0.2) is 0 Å². The average molecular weight is 353 g/mol. The van der Waals surface area contributed by atoms with Crippen LogP contribution in [0.2, 0.25) is 0 Å². The third kappa shape index (κ3) is 8.84. The van der Waals surface area contributed by atoms with Gasteiger partial charge in [-0.1, -0.05) is 0 Å². The molecule has 2 atom stereocenters. The van der Waals surface area contributed by atoms with Gasteiger partial charge in [-0.05, 0) is 52.4 Å². The minimum Gasteiger partial charge on any atom is -0.462 e. The number of ether oxygens (including phenoxy) is 2. The average Bonchev–Trinajstić information content (AvgIpc) is 2.45. The Labute approximate surface area is 142 Å². The smallest absolute Gasteiger partial charge is 0.306 e. The lowest BCUT2D eigenvalue weighted by molar-refractivity contribution is -0.158. The maximum atomic E-state index is 11.6. The van der Waals surface area contributed by atoms with Crippen LogP contribution in [0, 0.1) is 0 Å².